The summed E-state index contributed by atoms with van der Waals surface area (Å²) in [5, 5.41) is 32.9. The van der Waals surface area contributed by atoms with E-state index in [0.29, 0.717) is 24.7 Å². The number of carbonyl (C=O) groups excluding carboxylic acids is 1. The summed E-state index contributed by atoms with van der Waals surface area (Å²) < 4.78 is 5.28. The number of hydrogen-bond donors (Lipinski definition) is 5. The molecule has 0 radical (unpaired) electrons. The van der Waals surface area contributed by atoms with Gasteiger partial charge in [-0.3, -0.25) is 5.43 Å². The summed E-state index contributed by atoms with van der Waals surface area (Å²) in [7, 11) is 0. The van der Waals surface area contributed by atoms with Gasteiger partial charge in [-0.05, 0) is 57.3 Å². The highest BCUT2D eigenvalue weighted by Crippen LogP contribution is 2.36. The third-order valence-corrected chi connectivity index (χ3v) is 7.91. The van der Waals surface area contributed by atoms with Crippen molar-refractivity contribution in [2.24, 2.45) is 17.8 Å². The molecule has 5 N–H and O–H groups in total. The van der Waals surface area contributed by atoms with Gasteiger partial charge in [0.2, 0.25) is 0 Å². The molecule has 0 aromatic heterocycles. The van der Waals surface area contributed by atoms with Crippen molar-refractivity contribution in [3.8, 4) is 0 Å². The van der Waals surface area contributed by atoms with Crippen molar-refractivity contribution in [1.82, 2.24) is 10.9 Å². The summed E-state index contributed by atoms with van der Waals surface area (Å²) in [4.78, 5) is 12.5. The molecule has 0 aromatic carbocycles. The van der Waals surface area contributed by atoms with Crippen molar-refractivity contribution in [2.75, 3.05) is 0 Å². The molecule has 3 saturated carbocycles. The molecule has 0 saturated heterocycles. The van der Waals surface area contributed by atoms with Gasteiger partial charge in [-0.1, -0.05) is 64.2 Å². The molecule has 0 spiro atoms. The lowest BCUT2D eigenvalue weighted by molar-refractivity contribution is -0.159. The molecule has 7 nitrogen and oxygen atoms in total. The zero-order valence-electron chi connectivity index (χ0n) is 20.8. The summed E-state index contributed by atoms with van der Waals surface area (Å²) in [5.74, 6) is 0.521. The first kappa shape index (κ1) is 26.9. The maximum Gasteiger partial charge on any atom is 0.336 e. The van der Waals surface area contributed by atoms with E-state index in [0.717, 1.165) is 38.5 Å². The van der Waals surface area contributed by atoms with E-state index < -0.39 is 36.4 Å². The molecule has 0 heterocycles. The van der Waals surface area contributed by atoms with Crippen molar-refractivity contribution in [3.63, 3.8) is 0 Å². The number of hydrogen-bond acceptors (Lipinski definition) is 7. The monoisotopic (exact) mass is 468 g/mol. The Morgan fingerprint density at radius 1 is 0.818 bits per heavy atom. The first-order valence-electron chi connectivity index (χ1n) is 13.6. The van der Waals surface area contributed by atoms with Gasteiger partial charge in [0.05, 0.1) is 30.4 Å². The molecule has 3 aliphatic carbocycles. The maximum absolute atomic E-state index is 12.5. The number of nitrogens with one attached hydrogen (secondary N) is 2. The smallest absolute Gasteiger partial charge is 0.336 e. The minimum Gasteiger partial charge on any atom is -0.461 e. The van der Waals surface area contributed by atoms with E-state index in [2.05, 4.69) is 10.9 Å². The molecule has 192 valence electrons. The molecule has 3 rings (SSSR count). The fraction of sp³-hybridized carbons (Fsp3) is 0.962. The Labute approximate surface area is 200 Å². The first-order chi connectivity index (χ1) is 15.8. The van der Waals surface area contributed by atoms with Gasteiger partial charge in [-0.15, -0.1) is 0 Å². The zero-order chi connectivity index (χ0) is 23.8. The summed E-state index contributed by atoms with van der Waals surface area (Å²) >= 11 is 0. The van der Waals surface area contributed by atoms with Gasteiger partial charge >= 0.3 is 5.97 Å². The maximum atomic E-state index is 12.5. The Hall–Kier alpha value is -0.730. The van der Waals surface area contributed by atoms with Gasteiger partial charge in [0.25, 0.3) is 0 Å². The topological polar surface area (TPSA) is 111 Å². The van der Waals surface area contributed by atoms with E-state index in [9.17, 15) is 20.1 Å². The highest BCUT2D eigenvalue weighted by atomic mass is 16.6. The van der Waals surface area contributed by atoms with Crippen molar-refractivity contribution in [3.05, 3.63) is 0 Å². The summed E-state index contributed by atoms with van der Waals surface area (Å²) in [6.45, 7) is 3.55. The number of ether oxygens (including phenoxy) is 1. The van der Waals surface area contributed by atoms with E-state index in [1.165, 1.54) is 38.5 Å². The highest BCUT2D eigenvalue weighted by molar-refractivity contribution is 5.75. The lowest BCUT2D eigenvalue weighted by Gasteiger charge is -2.35. The predicted octanol–water partition coefficient (Wildman–Crippen LogP) is 3.20. The van der Waals surface area contributed by atoms with Crippen LogP contribution < -0.4 is 10.9 Å². The van der Waals surface area contributed by atoms with E-state index in [1.54, 1.807) is 13.8 Å². The average Bonchev–Trinajstić information content (AvgIpc) is 3.64. The summed E-state index contributed by atoms with van der Waals surface area (Å²) in [5.41, 5.74) is 6.37. The fourth-order valence-corrected chi connectivity index (χ4v) is 5.77. The lowest BCUT2D eigenvalue weighted by Crippen LogP contribution is -2.60. The SMILES string of the molecule is CC(C)OC(=O)[C@@H](O)[C@H](CC1CCCCC1)NNC(C(O)CC1CCCCC1)C(O)C1CC1. The second-order valence-electron chi connectivity index (χ2n) is 11.2. The van der Waals surface area contributed by atoms with E-state index in [1.807, 2.05) is 0 Å². The number of aliphatic hydroxyl groups excluding tert-OH is 3. The Morgan fingerprint density at radius 3 is 1.88 bits per heavy atom. The van der Waals surface area contributed by atoms with E-state index in [4.69, 9.17) is 4.74 Å². The molecule has 7 heteroatoms. The molecular weight excluding hydrogens is 420 g/mol. The summed E-state index contributed by atoms with van der Waals surface area (Å²) in [6, 6.07) is -1.06. The molecular formula is C26H48N2O5. The zero-order valence-corrected chi connectivity index (χ0v) is 20.8. The molecule has 3 unspecified atom stereocenters. The van der Waals surface area contributed by atoms with Crippen LogP contribution in [0.5, 0.6) is 0 Å². The van der Waals surface area contributed by atoms with Crippen molar-refractivity contribution in [1.29, 1.82) is 0 Å². The van der Waals surface area contributed by atoms with Crippen LogP contribution in [0.15, 0.2) is 0 Å². The number of aliphatic hydroxyl groups is 3. The van der Waals surface area contributed by atoms with Crippen molar-refractivity contribution >= 4 is 5.97 Å². The first-order valence-corrected chi connectivity index (χ1v) is 13.6. The van der Waals surface area contributed by atoms with Gasteiger partial charge in [0, 0.05) is 0 Å². The summed E-state index contributed by atoms with van der Waals surface area (Å²) in [6.07, 6.45) is 12.2. The molecule has 0 aliphatic heterocycles. The largest absolute Gasteiger partial charge is 0.461 e. The van der Waals surface area contributed by atoms with Crippen LogP contribution in [0.1, 0.15) is 104 Å². The number of esters is 1. The third kappa shape index (κ3) is 8.77. The molecule has 3 aliphatic rings. The fourth-order valence-electron chi connectivity index (χ4n) is 5.77. The Morgan fingerprint density at radius 2 is 1.36 bits per heavy atom. The molecule has 0 bridgehead atoms. The number of hydrazine groups is 1. The highest BCUT2D eigenvalue weighted by Gasteiger charge is 2.40. The third-order valence-electron chi connectivity index (χ3n) is 7.91. The van der Waals surface area contributed by atoms with Crippen LogP contribution in [0.2, 0.25) is 0 Å². The molecule has 5 atom stereocenters. The normalized spacial score (nSPS) is 25.4. The van der Waals surface area contributed by atoms with Crippen LogP contribution in [0.4, 0.5) is 0 Å². The molecule has 0 aromatic rings. The van der Waals surface area contributed by atoms with Crippen molar-refractivity contribution < 1.29 is 24.9 Å². The van der Waals surface area contributed by atoms with Crippen molar-refractivity contribution in [2.45, 2.75) is 140 Å². The van der Waals surface area contributed by atoms with Crippen LogP contribution in [-0.2, 0) is 9.53 Å². The van der Waals surface area contributed by atoms with Crippen LogP contribution >= 0.6 is 0 Å². The second-order valence-corrected chi connectivity index (χ2v) is 11.2. The standard InChI is InChI=1S/C26H48N2O5/c1-17(2)33-26(32)25(31)21(15-18-9-5-3-6-10-18)27-28-23(24(30)20-13-14-20)22(29)16-19-11-7-4-8-12-19/h17-25,27-31H,3-16H2,1-2H3/t21-,22?,23?,24?,25-/m0/s1. The van der Waals surface area contributed by atoms with Gasteiger partial charge in [-0.25, -0.2) is 10.2 Å². The van der Waals surface area contributed by atoms with Gasteiger partial charge in [0.15, 0.2) is 6.10 Å². The minimum absolute atomic E-state index is 0.206. The lowest BCUT2D eigenvalue weighted by atomic mass is 9.83. The second kappa shape index (κ2) is 13.4. The van der Waals surface area contributed by atoms with E-state index in [-0.39, 0.29) is 12.0 Å². The van der Waals surface area contributed by atoms with Gasteiger partial charge in [-0.2, -0.15) is 0 Å². The van der Waals surface area contributed by atoms with Crippen LogP contribution in [0.3, 0.4) is 0 Å². The quantitative estimate of drug-likeness (QED) is 0.208. The molecule has 3 fully saturated rings. The Balaban J connectivity index is 1.64. The predicted molar refractivity (Wildman–Crippen MR) is 128 cm³/mol. The number of carbonyl (C=O) groups is 1. The van der Waals surface area contributed by atoms with Gasteiger partial charge in [0.1, 0.15) is 0 Å². The Kier molecular flexibility index (Phi) is 10.9. The van der Waals surface area contributed by atoms with Crippen LogP contribution in [-0.4, -0.2) is 57.8 Å². The molecule has 33 heavy (non-hydrogen) atoms. The molecule has 0 amide bonds. The minimum atomic E-state index is -1.30. The van der Waals surface area contributed by atoms with E-state index >= 15 is 0 Å². The number of rotatable bonds is 13. The van der Waals surface area contributed by atoms with Crippen LogP contribution in [0.25, 0.3) is 0 Å². The van der Waals surface area contributed by atoms with Gasteiger partial charge < -0.3 is 20.1 Å². The Bertz CT molecular complexity index is 573. The average molecular weight is 469 g/mol. The van der Waals surface area contributed by atoms with Crippen LogP contribution in [0, 0.1) is 17.8 Å².